The molecule has 0 aromatic heterocycles. The fraction of sp³-hybridized carbons (Fsp3) is 0.200. The minimum atomic E-state index is -0.909. The van der Waals surface area contributed by atoms with Gasteiger partial charge in [0.05, 0.1) is 0 Å². The number of rotatable bonds is 5. The predicted octanol–water partition coefficient (Wildman–Crippen LogP) is 1.89. The number of halogens is 2. The lowest BCUT2D eigenvalue weighted by atomic mass is 10.2. The van der Waals surface area contributed by atoms with Gasteiger partial charge in [0.25, 0.3) is 0 Å². The normalized spacial score (nSPS) is 10.9. The van der Waals surface area contributed by atoms with Gasteiger partial charge in [-0.15, -0.1) is 0 Å². The smallest absolute Gasteiger partial charge is 0.159 e. The molecule has 1 aromatic carbocycles. The lowest BCUT2D eigenvalue weighted by Crippen LogP contribution is -1.95. The van der Waals surface area contributed by atoms with E-state index < -0.39 is 11.6 Å². The average Bonchev–Trinajstić information content (AvgIpc) is 2.23. The molecule has 15 heavy (non-hydrogen) atoms. The molecule has 0 saturated carbocycles. The highest BCUT2D eigenvalue weighted by Gasteiger charge is 2.02. The van der Waals surface area contributed by atoms with Gasteiger partial charge in [0.2, 0.25) is 0 Å². The Bertz CT molecular complexity index is 342. The molecule has 0 amide bonds. The van der Waals surface area contributed by atoms with E-state index in [0.29, 0.717) is 12.1 Å². The highest BCUT2D eigenvalue weighted by molar-refractivity contribution is 5.16. The summed E-state index contributed by atoms with van der Waals surface area (Å²) >= 11 is 0. The van der Waals surface area contributed by atoms with Crippen LogP contribution in [0.15, 0.2) is 30.5 Å². The van der Waals surface area contributed by atoms with Gasteiger partial charge in [-0.2, -0.15) is 4.89 Å². The zero-order valence-electron chi connectivity index (χ0n) is 7.95. The Kier molecular flexibility index (Phi) is 4.73. The summed E-state index contributed by atoms with van der Waals surface area (Å²) in [5.74, 6) is -1.80. The van der Waals surface area contributed by atoms with Gasteiger partial charge in [-0.1, -0.05) is 6.07 Å². The SMILES string of the molecule is NCC=COOCc1ccc(F)c(F)c1. The average molecular weight is 215 g/mol. The summed E-state index contributed by atoms with van der Waals surface area (Å²) in [6.45, 7) is 0.376. The van der Waals surface area contributed by atoms with E-state index in [0.717, 1.165) is 12.1 Å². The lowest BCUT2D eigenvalue weighted by molar-refractivity contribution is -0.259. The van der Waals surface area contributed by atoms with E-state index in [2.05, 4.69) is 9.78 Å². The molecule has 3 nitrogen and oxygen atoms in total. The zero-order chi connectivity index (χ0) is 11.1. The summed E-state index contributed by atoms with van der Waals surface area (Å²) in [4.78, 5) is 9.26. The Morgan fingerprint density at radius 3 is 2.73 bits per heavy atom. The summed E-state index contributed by atoms with van der Waals surface area (Å²) in [6, 6.07) is 3.49. The van der Waals surface area contributed by atoms with Crippen LogP contribution in [0.2, 0.25) is 0 Å². The van der Waals surface area contributed by atoms with Crippen LogP contribution in [0.1, 0.15) is 5.56 Å². The summed E-state index contributed by atoms with van der Waals surface area (Å²) < 4.78 is 25.2. The third kappa shape index (κ3) is 4.05. The topological polar surface area (TPSA) is 44.5 Å². The minimum absolute atomic E-state index is 0.0338. The Balaban J connectivity index is 2.38. The van der Waals surface area contributed by atoms with E-state index in [1.165, 1.54) is 12.3 Å². The van der Waals surface area contributed by atoms with E-state index >= 15 is 0 Å². The molecule has 1 rings (SSSR count). The van der Waals surface area contributed by atoms with Crippen molar-refractivity contribution in [2.75, 3.05) is 6.54 Å². The zero-order valence-corrected chi connectivity index (χ0v) is 7.95. The van der Waals surface area contributed by atoms with E-state index in [1.54, 1.807) is 6.08 Å². The molecule has 0 aliphatic rings. The number of hydrogen-bond acceptors (Lipinski definition) is 3. The molecule has 0 aliphatic carbocycles. The number of benzene rings is 1. The molecule has 2 N–H and O–H groups in total. The molecule has 0 heterocycles. The molecule has 0 aliphatic heterocycles. The van der Waals surface area contributed by atoms with Gasteiger partial charge < -0.3 is 10.6 Å². The first kappa shape index (κ1) is 11.6. The first-order valence-corrected chi connectivity index (χ1v) is 4.31. The first-order valence-electron chi connectivity index (χ1n) is 4.31. The van der Waals surface area contributed by atoms with E-state index in [4.69, 9.17) is 5.73 Å². The van der Waals surface area contributed by atoms with Crippen LogP contribution < -0.4 is 5.73 Å². The van der Waals surface area contributed by atoms with Crippen molar-refractivity contribution in [3.8, 4) is 0 Å². The maximum absolute atomic E-state index is 12.7. The van der Waals surface area contributed by atoms with Crippen molar-refractivity contribution in [2.45, 2.75) is 6.61 Å². The quantitative estimate of drug-likeness (QED) is 0.353. The van der Waals surface area contributed by atoms with E-state index in [1.807, 2.05) is 0 Å². The van der Waals surface area contributed by atoms with Crippen LogP contribution in [0.25, 0.3) is 0 Å². The fourth-order valence-electron chi connectivity index (χ4n) is 0.866. The van der Waals surface area contributed by atoms with Gasteiger partial charge in [0.1, 0.15) is 12.9 Å². The third-order valence-electron chi connectivity index (χ3n) is 1.57. The van der Waals surface area contributed by atoms with Gasteiger partial charge in [0.15, 0.2) is 11.6 Å². The van der Waals surface area contributed by atoms with Crippen molar-refractivity contribution in [2.24, 2.45) is 5.73 Å². The summed E-state index contributed by atoms with van der Waals surface area (Å²) in [5.41, 5.74) is 5.63. The Morgan fingerprint density at radius 2 is 2.07 bits per heavy atom. The van der Waals surface area contributed by atoms with Crippen molar-refractivity contribution < 1.29 is 18.6 Å². The van der Waals surface area contributed by atoms with Crippen molar-refractivity contribution >= 4 is 0 Å². The van der Waals surface area contributed by atoms with E-state index in [9.17, 15) is 8.78 Å². The Morgan fingerprint density at radius 1 is 1.27 bits per heavy atom. The second-order valence-electron chi connectivity index (χ2n) is 2.71. The van der Waals surface area contributed by atoms with Crippen LogP contribution in [0.5, 0.6) is 0 Å². The number of nitrogens with two attached hydrogens (primary N) is 1. The monoisotopic (exact) mass is 215 g/mol. The second-order valence-corrected chi connectivity index (χ2v) is 2.71. The van der Waals surface area contributed by atoms with Gasteiger partial charge in [-0.3, -0.25) is 0 Å². The third-order valence-corrected chi connectivity index (χ3v) is 1.57. The summed E-state index contributed by atoms with van der Waals surface area (Å²) in [5, 5.41) is 0. The largest absolute Gasteiger partial charge is 0.345 e. The molecule has 0 bridgehead atoms. The minimum Gasteiger partial charge on any atom is -0.345 e. The van der Waals surface area contributed by atoms with Crippen LogP contribution in [0.3, 0.4) is 0 Å². The molecule has 1 aromatic rings. The summed E-state index contributed by atoms with van der Waals surface area (Å²) in [7, 11) is 0. The van der Waals surface area contributed by atoms with Crippen molar-refractivity contribution in [1.82, 2.24) is 0 Å². The number of hydrogen-bond donors (Lipinski definition) is 1. The van der Waals surface area contributed by atoms with Gasteiger partial charge >= 0.3 is 0 Å². The molecular formula is C10H11F2NO2. The molecule has 0 saturated heterocycles. The maximum Gasteiger partial charge on any atom is 0.159 e. The van der Waals surface area contributed by atoms with E-state index in [-0.39, 0.29) is 6.61 Å². The first-order chi connectivity index (χ1) is 7.24. The van der Waals surface area contributed by atoms with Crippen LogP contribution in [0.4, 0.5) is 8.78 Å². The summed E-state index contributed by atoms with van der Waals surface area (Å²) in [6.07, 6.45) is 2.82. The molecule has 82 valence electrons. The molecular weight excluding hydrogens is 204 g/mol. The van der Waals surface area contributed by atoms with Gasteiger partial charge in [-0.25, -0.2) is 8.78 Å². The molecule has 0 fully saturated rings. The fourth-order valence-corrected chi connectivity index (χ4v) is 0.866. The van der Waals surface area contributed by atoms with Crippen molar-refractivity contribution in [1.29, 1.82) is 0 Å². The molecule has 0 spiro atoms. The standard InChI is InChI=1S/C10H11F2NO2/c11-9-3-2-8(6-10(9)12)7-15-14-5-1-4-13/h1-3,5-6H,4,7,13H2. The van der Waals surface area contributed by atoms with Crippen LogP contribution in [-0.2, 0) is 16.4 Å². The van der Waals surface area contributed by atoms with Crippen molar-refractivity contribution in [3.05, 3.63) is 47.7 Å². The van der Waals surface area contributed by atoms with Gasteiger partial charge in [-0.05, 0) is 23.8 Å². The molecule has 5 heteroatoms. The van der Waals surface area contributed by atoms with Crippen LogP contribution >= 0.6 is 0 Å². The highest BCUT2D eigenvalue weighted by atomic mass is 19.2. The Labute approximate surface area is 86.0 Å². The van der Waals surface area contributed by atoms with Crippen LogP contribution in [-0.4, -0.2) is 6.54 Å². The predicted molar refractivity (Wildman–Crippen MR) is 50.4 cm³/mol. The lowest BCUT2D eigenvalue weighted by Gasteiger charge is -2.01. The van der Waals surface area contributed by atoms with Gasteiger partial charge in [0, 0.05) is 6.54 Å². The molecule has 0 unspecified atom stereocenters. The second kappa shape index (κ2) is 6.10. The molecule has 0 atom stereocenters. The highest BCUT2D eigenvalue weighted by Crippen LogP contribution is 2.09. The maximum atomic E-state index is 12.7. The Hall–Kier alpha value is -1.46. The molecule has 0 radical (unpaired) electrons. The van der Waals surface area contributed by atoms with Crippen LogP contribution in [0, 0.1) is 11.6 Å². The van der Waals surface area contributed by atoms with Crippen molar-refractivity contribution in [3.63, 3.8) is 0 Å².